The van der Waals surface area contributed by atoms with Gasteiger partial charge < -0.3 is 15.3 Å². The number of aliphatic hydroxyl groups excluding tert-OH is 3. The Morgan fingerprint density at radius 2 is 1.58 bits per heavy atom. The normalized spacial score (nSPS) is 19.1. The number of carbonyl (C=O) groups is 1. The first-order valence-corrected chi connectivity index (χ1v) is 3.23. The van der Waals surface area contributed by atoms with E-state index in [1.165, 1.54) is 6.92 Å². The summed E-state index contributed by atoms with van der Waals surface area (Å²) in [6.45, 7) is 4.80. The zero-order chi connectivity index (χ0) is 9.46. The summed E-state index contributed by atoms with van der Waals surface area (Å²) in [4.78, 5) is 10.9. The average Bonchev–Trinajstić information content (AvgIpc) is 2.08. The molecule has 0 saturated carbocycles. The van der Waals surface area contributed by atoms with Gasteiger partial charge in [-0.25, -0.2) is 0 Å². The fraction of sp³-hybridized carbons (Fsp3) is 0.125. The Hall–Kier alpha value is -1.71. The summed E-state index contributed by atoms with van der Waals surface area (Å²) in [6.07, 6.45) is 0. The van der Waals surface area contributed by atoms with Gasteiger partial charge in [0.2, 0.25) is 5.76 Å². The largest absolute Gasteiger partial charge is 0.504 e. The molecule has 0 heterocycles. The number of ketones is 1. The highest BCUT2D eigenvalue weighted by molar-refractivity contribution is 6.08. The Labute approximate surface area is 68.8 Å². The van der Waals surface area contributed by atoms with Gasteiger partial charge in [0.1, 0.15) is 0 Å². The van der Waals surface area contributed by atoms with Crippen LogP contribution in [0.5, 0.6) is 0 Å². The van der Waals surface area contributed by atoms with E-state index in [0.717, 1.165) is 0 Å². The van der Waals surface area contributed by atoms with Gasteiger partial charge in [-0.15, -0.1) is 0 Å². The summed E-state index contributed by atoms with van der Waals surface area (Å²) in [5, 5.41) is 27.1. The molecule has 1 rings (SSSR count). The Bertz CT molecular complexity index is 271. The van der Waals surface area contributed by atoms with Crippen molar-refractivity contribution in [2.24, 2.45) is 0 Å². The minimum absolute atomic E-state index is 0.0598. The number of aliphatic hydroxyl groups is 3. The highest BCUT2D eigenvalue weighted by Gasteiger charge is 2.28. The molecule has 4 heteroatoms. The van der Waals surface area contributed by atoms with Gasteiger partial charge in [-0.05, 0) is 6.92 Å². The van der Waals surface area contributed by atoms with Crippen LogP contribution in [0.25, 0.3) is 0 Å². The molecule has 0 amide bonds. The van der Waals surface area contributed by atoms with Gasteiger partial charge in [-0.3, -0.25) is 4.79 Å². The summed E-state index contributed by atoms with van der Waals surface area (Å²) in [7, 11) is 0. The van der Waals surface area contributed by atoms with Crippen LogP contribution in [-0.2, 0) is 4.79 Å². The molecule has 0 atom stereocenters. The summed E-state index contributed by atoms with van der Waals surface area (Å²) in [5.74, 6) is -2.98. The molecule has 4 nitrogen and oxygen atoms in total. The summed E-state index contributed by atoms with van der Waals surface area (Å²) >= 11 is 0. The number of allylic oxidation sites excluding steroid dienone is 1. The number of rotatable bonds is 0. The fourth-order valence-corrected chi connectivity index (χ4v) is 0.853. The smallest absolute Gasteiger partial charge is 0.265 e. The zero-order valence-corrected chi connectivity index (χ0v) is 6.46. The molecule has 0 radical (unpaired) electrons. The van der Waals surface area contributed by atoms with Gasteiger partial charge >= 0.3 is 0 Å². The number of Topliss-reactive ketones (excluding diaryl/α,β-unsaturated/α-hetero) is 1. The molecule has 12 heavy (non-hydrogen) atoms. The molecule has 0 aromatic carbocycles. The van der Waals surface area contributed by atoms with Crippen LogP contribution in [-0.4, -0.2) is 21.1 Å². The van der Waals surface area contributed by atoms with Crippen molar-refractivity contribution in [3.8, 4) is 0 Å². The lowest BCUT2D eigenvalue weighted by atomic mass is 9.97. The predicted molar refractivity (Wildman–Crippen MR) is 41.8 cm³/mol. The van der Waals surface area contributed by atoms with E-state index >= 15 is 0 Å². The van der Waals surface area contributed by atoms with Crippen molar-refractivity contribution in [3.63, 3.8) is 0 Å². The molecule has 0 fully saturated rings. The molecule has 0 aromatic heterocycles. The Kier molecular flexibility index (Phi) is 1.68. The first-order valence-electron chi connectivity index (χ1n) is 3.23. The van der Waals surface area contributed by atoms with Crippen LogP contribution in [0.4, 0.5) is 0 Å². The lowest BCUT2D eigenvalue weighted by molar-refractivity contribution is -0.117. The predicted octanol–water partition coefficient (Wildman–Crippen LogP) is 1.28. The standard InChI is InChI=1S/C8H8O4/c1-3-4(2)6(10)8(12)7(11)5(3)9/h9-11H,1H2,2H3. The second-order valence-corrected chi connectivity index (χ2v) is 2.48. The van der Waals surface area contributed by atoms with Gasteiger partial charge in [0, 0.05) is 11.1 Å². The van der Waals surface area contributed by atoms with Crippen LogP contribution in [0.1, 0.15) is 6.92 Å². The van der Waals surface area contributed by atoms with Crippen molar-refractivity contribution in [1.29, 1.82) is 0 Å². The van der Waals surface area contributed by atoms with E-state index in [-0.39, 0.29) is 11.1 Å². The zero-order valence-electron chi connectivity index (χ0n) is 6.46. The first kappa shape index (κ1) is 8.39. The molecule has 0 aromatic rings. The second kappa shape index (κ2) is 2.41. The quantitative estimate of drug-likeness (QED) is 0.509. The molecule has 1 aliphatic carbocycles. The monoisotopic (exact) mass is 168 g/mol. The van der Waals surface area contributed by atoms with E-state index in [4.69, 9.17) is 15.3 Å². The SMILES string of the molecule is C=C1C(C)=C(O)C(=O)C(O)=C1O. The third-order valence-corrected chi connectivity index (χ3v) is 1.75. The van der Waals surface area contributed by atoms with Gasteiger partial charge in [0.05, 0.1) is 0 Å². The molecule has 0 aliphatic heterocycles. The van der Waals surface area contributed by atoms with Gasteiger partial charge in [0.25, 0.3) is 5.78 Å². The molecule has 1 aliphatic rings. The Morgan fingerprint density at radius 3 is 2.08 bits per heavy atom. The van der Waals surface area contributed by atoms with Crippen LogP contribution in [0.2, 0.25) is 0 Å². The van der Waals surface area contributed by atoms with E-state index < -0.39 is 23.1 Å². The van der Waals surface area contributed by atoms with Crippen molar-refractivity contribution >= 4 is 5.78 Å². The minimum atomic E-state index is -0.975. The minimum Gasteiger partial charge on any atom is -0.504 e. The average molecular weight is 168 g/mol. The topological polar surface area (TPSA) is 77.8 Å². The van der Waals surface area contributed by atoms with Crippen molar-refractivity contribution in [2.75, 3.05) is 0 Å². The lowest BCUT2D eigenvalue weighted by Crippen LogP contribution is -2.16. The van der Waals surface area contributed by atoms with Crippen molar-refractivity contribution in [2.45, 2.75) is 6.92 Å². The fourth-order valence-electron chi connectivity index (χ4n) is 0.853. The molecular weight excluding hydrogens is 160 g/mol. The van der Waals surface area contributed by atoms with Gasteiger partial charge in [0.15, 0.2) is 11.5 Å². The van der Waals surface area contributed by atoms with Crippen molar-refractivity contribution in [1.82, 2.24) is 0 Å². The van der Waals surface area contributed by atoms with E-state index in [9.17, 15) is 4.79 Å². The van der Waals surface area contributed by atoms with Crippen LogP contribution in [0.3, 0.4) is 0 Å². The number of hydrogen-bond acceptors (Lipinski definition) is 4. The van der Waals surface area contributed by atoms with Crippen molar-refractivity contribution in [3.05, 3.63) is 35.0 Å². The van der Waals surface area contributed by atoms with E-state index in [1.54, 1.807) is 0 Å². The highest BCUT2D eigenvalue weighted by atomic mass is 16.3. The maximum absolute atomic E-state index is 10.9. The molecule has 0 unspecified atom stereocenters. The maximum atomic E-state index is 10.9. The number of carbonyl (C=O) groups excluding carboxylic acids is 1. The van der Waals surface area contributed by atoms with Crippen LogP contribution < -0.4 is 0 Å². The second-order valence-electron chi connectivity index (χ2n) is 2.48. The Balaban J connectivity index is 3.32. The van der Waals surface area contributed by atoms with E-state index in [1.807, 2.05) is 0 Å². The van der Waals surface area contributed by atoms with Crippen LogP contribution in [0, 0.1) is 0 Å². The summed E-state index contributed by atoms with van der Waals surface area (Å²) in [6, 6.07) is 0. The van der Waals surface area contributed by atoms with E-state index in [2.05, 4.69) is 6.58 Å². The number of hydrogen-bond donors (Lipinski definition) is 3. The van der Waals surface area contributed by atoms with Gasteiger partial charge in [-0.2, -0.15) is 0 Å². The van der Waals surface area contributed by atoms with Crippen molar-refractivity contribution < 1.29 is 20.1 Å². The third-order valence-electron chi connectivity index (χ3n) is 1.75. The molecule has 0 spiro atoms. The lowest BCUT2D eigenvalue weighted by Gasteiger charge is -2.14. The van der Waals surface area contributed by atoms with E-state index in [0.29, 0.717) is 0 Å². The first-order chi connectivity index (χ1) is 5.46. The molecule has 64 valence electrons. The summed E-state index contributed by atoms with van der Waals surface area (Å²) < 4.78 is 0. The molecule has 0 saturated heterocycles. The maximum Gasteiger partial charge on any atom is 0.265 e. The molecule has 0 bridgehead atoms. The third kappa shape index (κ3) is 0.887. The van der Waals surface area contributed by atoms with Crippen LogP contribution >= 0.6 is 0 Å². The van der Waals surface area contributed by atoms with Crippen LogP contribution in [0.15, 0.2) is 35.0 Å². The molecule has 3 N–H and O–H groups in total. The highest BCUT2D eigenvalue weighted by Crippen LogP contribution is 2.26. The molecular formula is C8H8O4. The van der Waals surface area contributed by atoms with Gasteiger partial charge in [-0.1, -0.05) is 6.58 Å². The Morgan fingerprint density at radius 1 is 1.08 bits per heavy atom. The summed E-state index contributed by atoms with van der Waals surface area (Å²) in [5.41, 5.74) is 0.236.